The van der Waals surface area contributed by atoms with Gasteiger partial charge in [0.2, 0.25) is 5.91 Å². The number of carbonyl (C=O) groups is 1. The number of hydrogen-bond acceptors (Lipinski definition) is 5. The predicted molar refractivity (Wildman–Crippen MR) is 93.7 cm³/mol. The standard InChI is InChI=1S/C17H30N6O/c1-3-22-8-4-14(5-9-22)20-16(24)13-23-11-6-18-12-15(23)17-19-7-10-21(17)2/h7,10,14-15,18H,3-6,8-9,11-13H2,1-2H3,(H,20,24). The zero-order chi connectivity index (χ0) is 16.9. The van der Waals surface area contributed by atoms with Gasteiger partial charge in [0, 0.05) is 58.2 Å². The van der Waals surface area contributed by atoms with Gasteiger partial charge in [-0.1, -0.05) is 6.92 Å². The van der Waals surface area contributed by atoms with E-state index in [1.807, 2.05) is 24.0 Å². The fourth-order valence-electron chi connectivity index (χ4n) is 3.74. The first kappa shape index (κ1) is 17.4. The lowest BCUT2D eigenvalue weighted by Gasteiger charge is -2.36. The summed E-state index contributed by atoms with van der Waals surface area (Å²) < 4.78 is 2.04. The molecule has 2 N–H and O–H groups in total. The molecule has 24 heavy (non-hydrogen) atoms. The summed E-state index contributed by atoms with van der Waals surface area (Å²) in [5.74, 6) is 1.16. The molecule has 1 aromatic heterocycles. The molecule has 1 unspecified atom stereocenters. The van der Waals surface area contributed by atoms with Crippen LogP contribution in [0.4, 0.5) is 0 Å². The summed E-state index contributed by atoms with van der Waals surface area (Å²) in [4.78, 5) is 21.7. The van der Waals surface area contributed by atoms with Crippen LogP contribution in [0.5, 0.6) is 0 Å². The molecule has 0 spiro atoms. The van der Waals surface area contributed by atoms with Crippen molar-refractivity contribution < 1.29 is 4.79 Å². The van der Waals surface area contributed by atoms with Gasteiger partial charge in [-0.05, 0) is 19.4 Å². The van der Waals surface area contributed by atoms with Gasteiger partial charge in [-0.25, -0.2) is 4.98 Å². The van der Waals surface area contributed by atoms with Gasteiger partial charge in [-0.2, -0.15) is 0 Å². The second kappa shape index (κ2) is 8.09. The van der Waals surface area contributed by atoms with Crippen LogP contribution in [0, 0.1) is 0 Å². The summed E-state index contributed by atoms with van der Waals surface area (Å²) in [5.41, 5.74) is 0. The van der Waals surface area contributed by atoms with Crippen LogP contribution in [0.25, 0.3) is 0 Å². The molecule has 0 aliphatic carbocycles. The van der Waals surface area contributed by atoms with Crippen molar-refractivity contribution in [3.63, 3.8) is 0 Å². The third-order valence-corrected chi connectivity index (χ3v) is 5.26. The van der Waals surface area contributed by atoms with E-state index in [9.17, 15) is 4.79 Å². The fourth-order valence-corrected chi connectivity index (χ4v) is 3.74. The van der Waals surface area contributed by atoms with Crippen molar-refractivity contribution in [1.29, 1.82) is 0 Å². The maximum absolute atomic E-state index is 12.5. The van der Waals surface area contributed by atoms with E-state index < -0.39 is 0 Å². The van der Waals surface area contributed by atoms with Gasteiger partial charge in [-0.15, -0.1) is 0 Å². The molecule has 3 rings (SSSR count). The molecule has 1 aromatic rings. The highest BCUT2D eigenvalue weighted by atomic mass is 16.2. The smallest absolute Gasteiger partial charge is 0.234 e. The molecule has 2 fully saturated rings. The number of aryl methyl sites for hydroxylation is 1. The summed E-state index contributed by atoms with van der Waals surface area (Å²) in [5, 5.41) is 6.65. The predicted octanol–water partition coefficient (Wildman–Crippen LogP) is -0.0331. The van der Waals surface area contributed by atoms with E-state index in [0.29, 0.717) is 12.6 Å². The van der Waals surface area contributed by atoms with Gasteiger partial charge in [0.25, 0.3) is 0 Å². The minimum atomic E-state index is 0.144. The first-order valence-electron chi connectivity index (χ1n) is 9.11. The van der Waals surface area contributed by atoms with Crippen molar-refractivity contribution in [3.05, 3.63) is 18.2 Å². The number of amides is 1. The third-order valence-electron chi connectivity index (χ3n) is 5.26. The Morgan fingerprint density at radius 1 is 1.38 bits per heavy atom. The average Bonchev–Trinajstić information content (AvgIpc) is 3.02. The normalized spacial score (nSPS) is 24.2. The van der Waals surface area contributed by atoms with E-state index in [1.165, 1.54) is 0 Å². The maximum Gasteiger partial charge on any atom is 0.234 e. The quantitative estimate of drug-likeness (QED) is 0.791. The third kappa shape index (κ3) is 4.15. The largest absolute Gasteiger partial charge is 0.352 e. The lowest BCUT2D eigenvalue weighted by molar-refractivity contribution is -0.124. The molecule has 0 saturated carbocycles. The van der Waals surface area contributed by atoms with Crippen LogP contribution in [-0.4, -0.2) is 77.1 Å². The number of piperidine rings is 1. The Morgan fingerprint density at radius 2 is 2.17 bits per heavy atom. The maximum atomic E-state index is 12.5. The Kier molecular flexibility index (Phi) is 5.86. The molecule has 2 aliphatic heterocycles. The molecule has 3 heterocycles. The number of piperazine rings is 1. The lowest BCUT2D eigenvalue weighted by atomic mass is 10.1. The molecule has 0 aromatic carbocycles. The van der Waals surface area contributed by atoms with Gasteiger partial charge >= 0.3 is 0 Å². The van der Waals surface area contributed by atoms with Gasteiger partial charge in [0.15, 0.2) is 0 Å². The van der Waals surface area contributed by atoms with Gasteiger partial charge in [0.05, 0.1) is 12.6 Å². The van der Waals surface area contributed by atoms with Crippen LogP contribution in [0.2, 0.25) is 0 Å². The summed E-state index contributed by atoms with van der Waals surface area (Å²) in [6.45, 7) is 8.56. The first-order chi connectivity index (χ1) is 11.7. The topological polar surface area (TPSA) is 65.4 Å². The van der Waals surface area contributed by atoms with Crippen LogP contribution >= 0.6 is 0 Å². The van der Waals surface area contributed by atoms with Crippen molar-refractivity contribution in [2.45, 2.75) is 31.8 Å². The molecule has 134 valence electrons. The van der Waals surface area contributed by atoms with Crippen molar-refractivity contribution >= 4 is 5.91 Å². The van der Waals surface area contributed by atoms with E-state index in [1.54, 1.807) is 0 Å². The van der Waals surface area contributed by atoms with E-state index in [-0.39, 0.29) is 11.9 Å². The van der Waals surface area contributed by atoms with Crippen LogP contribution in [0.1, 0.15) is 31.6 Å². The highest BCUT2D eigenvalue weighted by Gasteiger charge is 2.29. The van der Waals surface area contributed by atoms with Crippen LogP contribution in [-0.2, 0) is 11.8 Å². The molecular weight excluding hydrogens is 304 g/mol. The van der Waals surface area contributed by atoms with Crippen molar-refractivity contribution in [2.24, 2.45) is 7.05 Å². The SMILES string of the molecule is CCN1CCC(NC(=O)CN2CCNCC2c2nccn2C)CC1. The molecule has 2 saturated heterocycles. The Balaban J connectivity index is 1.53. The van der Waals surface area contributed by atoms with Gasteiger partial charge in [0.1, 0.15) is 5.82 Å². The Labute approximate surface area is 144 Å². The van der Waals surface area contributed by atoms with Crippen LogP contribution in [0.3, 0.4) is 0 Å². The second-order valence-electron chi connectivity index (χ2n) is 6.86. The minimum Gasteiger partial charge on any atom is -0.352 e. The van der Waals surface area contributed by atoms with Crippen molar-refractivity contribution in [2.75, 3.05) is 45.8 Å². The number of carbonyl (C=O) groups excluding carboxylic acids is 1. The summed E-state index contributed by atoms with van der Waals surface area (Å²) in [6.07, 6.45) is 5.90. The first-order valence-corrected chi connectivity index (χ1v) is 9.11. The Morgan fingerprint density at radius 3 is 2.83 bits per heavy atom. The number of nitrogens with one attached hydrogen (secondary N) is 2. The molecule has 0 radical (unpaired) electrons. The number of aromatic nitrogens is 2. The average molecular weight is 334 g/mol. The molecule has 2 aliphatic rings. The zero-order valence-electron chi connectivity index (χ0n) is 14.9. The molecular formula is C17H30N6O. The van der Waals surface area contributed by atoms with Crippen molar-refractivity contribution in [3.8, 4) is 0 Å². The van der Waals surface area contributed by atoms with Crippen LogP contribution < -0.4 is 10.6 Å². The second-order valence-corrected chi connectivity index (χ2v) is 6.86. The number of imidazole rings is 1. The molecule has 7 heteroatoms. The highest BCUT2D eigenvalue weighted by molar-refractivity contribution is 5.78. The van der Waals surface area contributed by atoms with Gasteiger partial charge in [-0.3, -0.25) is 9.69 Å². The van der Waals surface area contributed by atoms with E-state index in [2.05, 4.69) is 32.3 Å². The van der Waals surface area contributed by atoms with Crippen molar-refractivity contribution in [1.82, 2.24) is 30.0 Å². The fraction of sp³-hybridized carbons (Fsp3) is 0.765. The number of hydrogen-bond donors (Lipinski definition) is 2. The van der Waals surface area contributed by atoms with Gasteiger partial charge < -0.3 is 20.1 Å². The molecule has 1 amide bonds. The lowest BCUT2D eigenvalue weighted by Crippen LogP contribution is -2.52. The molecule has 0 bridgehead atoms. The molecule has 7 nitrogen and oxygen atoms in total. The Bertz CT molecular complexity index is 537. The molecule has 1 atom stereocenters. The summed E-state index contributed by atoms with van der Waals surface area (Å²) in [6, 6.07) is 0.487. The number of nitrogens with zero attached hydrogens (tertiary/aromatic N) is 4. The number of rotatable bonds is 5. The van der Waals surface area contributed by atoms with E-state index >= 15 is 0 Å². The highest BCUT2D eigenvalue weighted by Crippen LogP contribution is 2.20. The van der Waals surface area contributed by atoms with Crippen LogP contribution in [0.15, 0.2) is 12.4 Å². The number of likely N-dealkylation sites (tertiary alicyclic amines) is 1. The summed E-state index contributed by atoms with van der Waals surface area (Å²) >= 11 is 0. The summed E-state index contributed by atoms with van der Waals surface area (Å²) in [7, 11) is 2.01. The monoisotopic (exact) mass is 334 g/mol. The Hall–Kier alpha value is -1.44. The van der Waals surface area contributed by atoms with E-state index in [4.69, 9.17) is 0 Å². The minimum absolute atomic E-state index is 0.144. The zero-order valence-corrected chi connectivity index (χ0v) is 14.9. The van der Waals surface area contributed by atoms with E-state index in [0.717, 1.165) is 57.9 Å².